The second kappa shape index (κ2) is 10.6. The number of esters is 1. The molecule has 6 nitrogen and oxygen atoms in total. The van der Waals surface area contributed by atoms with Crippen LogP contribution >= 0.6 is 12.2 Å². The maximum absolute atomic E-state index is 13.0. The van der Waals surface area contributed by atoms with E-state index >= 15 is 0 Å². The van der Waals surface area contributed by atoms with Gasteiger partial charge in [0, 0.05) is 24.0 Å². The highest BCUT2D eigenvalue weighted by Gasteiger charge is 2.33. The van der Waals surface area contributed by atoms with Gasteiger partial charge in [-0.05, 0) is 66.9 Å². The van der Waals surface area contributed by atoms with Gasteiger partial charge in [0.25, 0.3) is 5.91 Å². The molecule has 0 radical (unpaired) electrons. The van der Waals surface area contributed by atoms with E-state index in [4.69, 9.17) is 17.0 Å². The van der Waals surface area contributed by atoms with Crippen LogP contribution in [-0.2, 0) is 16.0 Å². The van der Waals surface area contributed by atoms with Crippen molar-refractivity contribution in [2.24, 2.45) is 5.92 Å². The topological polar surface area (TPSA) is 70.7 Å². The number of allylic oxidation sites excluding steroid dienone is 1. The van der Waals surface area contributed by atoms with Gasteiger partial charge in [-0.25, -0.2) is 4.79 Å². The highest BCUT2D eigenvalue weighted by atomic mass is 32.1. The number of ether oxygens (including phenoxy) is 1. The molecule has 33 heavy (non-hydrogen) atoms. The Hall–Kier alpha value is -3.19. The average molecular weight is 466 g/mol. The lowest BCUT2D eigenvalue weighted by molar-refractivity contribution is -0.140. The summed E-state index contributed by atoms with van der Waals surface area (Å²) in [6, 6.07) is 14.5. The standard InChI is InChI=1S/C26H31N3O3S/c1-6-18-10-12-19(13-11-18)24(30)27-21-9-7-8-20(14-21)23-22(25(31)32-15-16(2)3)17(4)29(5)26(33)28-23/h7-14,16,23H,6,15H2,1-5H3,(H,27,30)(H,28,33). The van der Waals surface area contributed by atoms with Crippen molar-refractivity contribution in [2.45, 2.75) is 40.2 Å². The third-order valence-electron chi connectivity index (χ3n) is 5.62. The van der Waals surface area contributed by atoms with Gasteiger partial charge in [0.1, 0.15) is 0 Å². The van der Waals surface area contributed by atoms with E-state index in [1.165, 1.54) is 5.56 Å². The maximum Gasteiger partial charge on any atom is 0.338 e. The van der Waals surface area contributed by atoms with Gasteiger partial charge in [-0.2, -0.15) is 0 Å². The molecule has 1 unspecified atom stereocenters. The van der Waals surface area contributed by atoms with Crippen molar-refractivity contribution >= 4 is 34.9 Å². The highest BCUT2D eigenvalue weighted by molar-refractivity contribution is 7.80. The van der Waals surface area contributed by atoms with Crippen molar-refractivity contribution in [3.8, 4) is 0 Å². The van der Waals surface area contributed by atoms with E-state index in [0.717, 1.165) is 17.7 Å². The molecule has 2 aromatic carbocycles. The Kier molecular flexibility index (Phi) is 7.87. The first-order chi connectivity index (χ1) is 15.7. The number of anilines is 1. The third-order valence-corrected chi connectivity index (χ3v) is 6.02. The van der Waals surface area contributed by atoms with E-state index in [9.17, 15) is 9.59 Å². The summed E-state index contributed by atoms with van der Waals surface area (Å²) in [4.78, 5) is 27.5. The summed E-state index contributed by atoms with van der Waals surface area (Å²) in [7, 11) is 1.82. The van der Waals surface area contributed by atoms with Gasteiger partial charge in [0.15, 0.2) is 5.11 Å². The van der Waals surface area contributed by atoms with E-state index in [1.54, 1.807) is 4.90 Å². The Balaban J connectivity index is 1.87. The molecule has 0 saturated heterocycles. The van der Waals surface area contributed by atoms with Crippen molar-refractivity contribution in [3.05, 3.63) is 76.5 Å². The van der Waals surface area contributed by atoms with Crippen molar-refractivity contribution in [2.75, 3.05) is 19.0 Å². The Morgan fingerprint density at radius 2 is 1.88 bits per heavy atom. The second-order valence-corrected chi connectivity index (χ2v) is 8.95. The molecule has 0 aliphatic carbocycles. The summed E-state index contributed by atoms with van der Waals surface area (Å²) in [6.07, 6.45) is 0.921. The zero-order chi connectivity index (χ0) is 24.1. The summed E-state index contributed by atoms with van der Waals surface area (Å²) in [6.45, 7) is 8.26. The van der Waals surface area contributed by atoms with Crippen LogP contribution in [0.1, 0.15) is 55.2 Å². The van der Waals surface area contributed by atoms with Crippen molar-refractivity contribution in [1.29, 1.82) is 0 Å². The number of benzene rings is 2. The first-order valence-corrected chi connectivity index (χ1v) is 11.5. The van der Waals surface area contributed by atoms with Gasteiger partial charge in [-0.3, -0.25) is 4.79 Å². The van der Waals surface area contributed by atoms with E-state index < -0.39 is 6.04 Å². The molecule has 0 saturated carbocycles. The molecule has 2 aromatic rings. The summed E-state index contributed by atoms with van der Waals surface area (Å²) in [5.41, 5.74) is 4.45. The van der Waals surface area contributed by atoms with E-state index in [2.05, 4.69) is 17.6 Å². The minimum Gasteiger partial charge on any atom is -0.462 e. The summed E-state index contributed by atoms with van der Waals surface area (Å²) in [5, 5.41) is 6.71. The molecule has 1 amide bonds. The first-order valence-electron chi connectivity index (χ1n) is 11.1. The fourth-order valence-electron chi connectivity index (χ4n) is 3.56. The van der Waals surface area contributed by atoms with Crippen molar-refractivity contribution in [1.82, 2.24) is 10.2 Å². The van der Waals surface area contributed by atoms with Crippen LogP contribution in [0.3, 0.4) is 0 Å². The minimum atomic E-state index is -0.478. The number of nitrogens with zero attached hydrogens (tertiary/aromatic N) is 1. The predicted molar refractivity (Wildman–Crippen MR) is 135 cm³/mol. The minimum absolute atomic E-state index is 0.190. The van der Waals surface area contributed by atoms with E-state index in [-0.39, 0.29) is 17.8 Å². The van der Waals surface area contributed by atoms with Crippen LogP contribution < -0.4 is 10.6 Å². The zero-order valence-electron chi connectivity index (χ0n) is 19.8. The zero-order valence-corrected chi connectivity index (χ0v) is 20.6. The number of hydrogen-bond donors (Lipinski definition) is 2. The molecule has 1 heterocycles. The second-order valence-electron chi connectivity index (χ2n) is 8.56. The Labute approximate surface area is 201 Å². The number of amides is 1. The highest BCUT2D eigenvalue weighted by Crippen LogP contribution is 2.32. The van der Waals surface area contributed by atoms with Crippen LogP contribution in [0.2, 0.25) is 0 Å². The fraction of sp³-hybridized carbons (Fsp3) is 0.346. The third kappa shape index (κ3) is 5.79. The van der Waals surface area contributed by atoms with Gasteiger partial charge >= 0.3 is 5.97 Å². The first kappa shape index (κ1) is 24.5. The molecule has 174 valence electrons. The molecule has 1 atom stereocenters. The van der Waals surface area contributed by atoms with Crippen LogP contribution in [0.5, 0.6) is 0 Å². The van der Waals surface area contributed by atoms with E-state index in [1.807, 2.05) is 76.3 Å². The molecule has 1 aliphatic rings. The smallest absolute Gasteiger partial charge is 0.338 e. The van der Waals surface area contributed by atoms with E-state index in [0.29, 0.717) is 28.5 Å². The fourth-order valence-corrected chi connectivity index (χ4v) is 3.82. The number of aryl methyl sites for hydroxylation is 1. The number of carbonyl (C=O) groups excluding carboxylic acids is 2. The van der Waals surface area contributed by atoms with Gasteiger partial charge in [-0.15, -0.1) is 0 Å². The van der Waals surface area contributed by atoms with Crippen molar-refractivity contribution in [3.63, 3.8) is 0 Å². The maximum atomic E-state index is 13.0. The quantitative estimate of drug-likeness (QED) is 0.451. The molecule has 2 N–H and O–H groups in total. The summed E-state index contributed by atoms with van der Waals surface area (Å²) >= 11 is 5.47. The predicted octanol–water partition coefficient (Wildman–Crippen LogP) is 4.84. The van der Waals surface area contributed by atoms with Crippen LogP contribution in [0, 0.1) is 5.92 Å². The number of nitrogens with one attached hydrogen (secondary N) is 2. The van der Waals surface area contributed by atoms with Crippen LogP contribution in [0.4, 0.5) is 5.69 Å². The molecule has 0 spiro atoms. The molecular weight excluding hydrogens is 434 g/mol. The summed E-state index contributed by atoms with van der Waals surface area (Å²) < 4.78 is 5.54. The number of rotatable bonds is 7. The lowest BCUT2D eigenvalue weighted by atomic mass is 9.94. The molecular formula is C26H31N3O3S. The van der Waals surface area contributed by atoms with Gasteiger partial charge < -0.3 is 20.3 Å². The van der Waals surface area contributed by atoms with Crippen LogP contribution in [0.25, 0.3) is 0 Å². The monoisotopic (exact) mass is 465 g/mol. The van der Waals surface area contributed by atoms with Crippen LogP contribution in [0.15, 0.2) is 59.8 Å². The molecule has 7 heteroatoms. The number of thiocarbonyl (C=S) groups is 1. The van der Waals surface area contributed by atoms with Gasteiger partial charge in [-0.1, -0.05) is 45.0 Å². The van der Waals surface area contributed by atoms with Gasteiger partial charge in [0.05, 0.1) is 18.2 Å². The number of hydrogen-bond acceptors (Lipinski definition) is 4. The SMILES string of the molecule is CCc1ccc(C(=O)Nc2cccc(C3NC(=S)N(C)C(C)=C3C(=O)OCC(C)C)c2)cc1. The lowest BCUT2D eigenvalue weighted by Gasteiger charge is -2.35. The largest absolute Gasteiger partial charge is 0.462 e. The van der Waals surface area contributed by atoms with Crippen LogP contribution in [-0.4, -0.2) is 35.5 Å². The molecule has 0 bridgehead atoms. The molecule has 0 aromatic heterocycles. The normalized spacial score (nSPS) is 16.0. The molecule has 3 rings (SSSR count). The Bertz CT molecular complexity index is 1080. The number of carbonyl (C=O) groups is 2. The lowest BCUT2D eigenvalue weighted by Crippen LogP contribution is -2.46. The molecule has 1 aliphatic heterocycles. The Morgan fingerprint density at radius 3 is 2.52 bits per heavy atom. The van der Waals surface area contributed by atoms with Crippen molar-refractivity contribution < 1.29 is 14.3 Å². The Morgan fingerprint density at radius 1 is 1.18 bits per heavy atom. The summed E-state index contributed by atoms with van der Waals surface area (Å²) in [5.74, 6) is -0.336. The van der Waals surface area contributed by atoms with Gasteiger partial charge in [0.2, 0.25) is 0 Å². The average Bonchev–Trinajstić information content (AvgIpc) is 2.81. The molecule has 0 fully saturated rings.